The van der Waals surface area contributed by atoms with Gasteiger partial charge >= 0.3 is 0 Å². The molecular weight excluding hydrogens is 369 g/mol. The Bertz CT molecular complexity index is 976. The zero-order valence-corrected chi connectivity index (χ0v) is 15.1. The van der Waals surface area contributed by atoms with E-state index in [-0.39, 0.29) is 23.5 Å². The number of amides is 1. The fourth-order valence-corrected chi connectivity index (χ4v) is 3.39. The fraction of sp³-hybridized carbons (Fsp3) is 0.211. The summed E-state index contributed by atoms with van der Waals surface area (Å²) in [5.74, 6) is 0.114. The first kappa shape index (κ1) is 17.5. The molecule has 0 saturated carbocycles. The third-order valence-corrected chi connectivity index (χ3v) is 4.75. The molecule has 1 fully saturated rings. The molecule has 2 aromatic heterocycles. The zero-order chi connectivity index (χ0) is 18.8. The summed E-state index contributed by atoms with van der Waals surface area (Å²) in [4.78, 5) is 18.9. The van der Waals surface area contributed by atoms with Gasteiger partial charge in [-0.05, 0) is 42.8 Å². The lowest BCUT2D eigenvalue weighted by molar-refractivity contribution is 0.0935. The summed E-state index contributed by atoms with van der Waals surface area (Å²) >= 11 is 6.19. The molecule has 1 N–H and O–H groups in total. The monoisotopic (exact) mass is 385 g/mol. The summed E-state index contributed by atoms with van der Waals surface area (Å²) in [7, 11) is 0. The maximum atomic E-state index is 13.4. The number of benzene rings is 1. The minimum atomic E-state index is -0.353. The highest BCUT2D eigenvalue weighted by Crippen LogP contribution is 2.25. The van der Waals surface area contributed by atoms with Crippen LogP contribution in [0.1, 0.15) is 16.9 Å². The molecule has 1 aliphatic heterocycles. The van der Waals surface area contributed by atoms with Crippen molar-refractivity contribution in [3.05, 3.63) is 71.4 Å². The molecule has 0 spiro atoms. The number of aromatic nitrogens is 3. The Morgan fingerprint density at radius 3 is 2.96 bits per heavy atom. The molecule has 1 amide bonds. The Hall–Kier alpha value is -2.93. The Labute approximate surface area is 160 Å². The third kappa shape index (κ3) is 3.78. The molecule has 3 aromatic rings. The predicted molar refractivity (Wildman–Crippen MR) is 101 cm³/mol. The van der Waals surface area contributed by atoms with Gasteiger partial charge in [0.05, 0.1) is 10.7 Å². The molecule has 1 saturated heterocycles. The Morgan fingerprint density at radius 2 is 2.15 bits per heavy atom. The van der Waals surface area contributed by atoms with Crippen molar-refractivity contribution in [2.45, 2.75) is 12.5 Å². The summed E-state index contributed by atoms with van der Waals surface area (Å²) in [5, 5.41) is 7.83. The highest BCUT2D eigenvalue weighted by Gasteiger charge is 2.26. The number of carbonyl (C=O) groups is 1. The number of rotatable bonds is 4. The lowest BCUT2D eigenvalue weighted by atomic mass is 10.2. The second kappa shape index (κ2) is 7.36. The summed E-state index contributed by atoms with van der Waals surface area (Å²) in [5.41, 5.74) is 0.847. The highest BCUT2D eigenvalue weighted by atomic mass is 35.5. The van der Waals surface area contributed by atoms with E-state index < -0.39 is 0 Å². The van der Waals surface area contributed by atoms with Gasteiger partial charge < -0.3 is 10.2 Å². The normalized spacial score (nSPS) is 16.5. The molecule has 4 rings (SSSR count). The van der Waals surface area contributed by atoms with E-state index in [1.807, 2.05) is 0 Å². The van der Waals surface area contributed by atoms with Crippen LogP contribution in [0.4, 0.5) is 10.2 Å². The average molecular weight is 386 g/mol. The number of carbonyl (C=O) groups excluding carboxylic acids is 1. The quantitative estimate of drug-likeness (QED) is 0.749. The molecular formula is C19H17ClFN5O. The van der Waals surface area contributed by atoms with Crippen LogP contribution in [-0.2, 0) is 0 Å². The largest absolute Gasteiger partial charge is 0.353 e. The van der Waals surface area contributed by atoms with Crippen molar-refractivity contribution in [3.63, 3.8) is 0 Å². The van der Waals surface area contributed by atoms with Crippen LogP contribution in [0.5, 0.6) is 0 Å². The minimum absolute atomic E-state index is 0.0186. The van der Waals surface area contributed by atoms with Gasteiger partial charge in [0.25, 0.3) is 5.91 Å². The van der Waals surface area contributed by atoms with Crippen molar-refractivity contribution in [3.8, 4) is 5.69 Å². The van der Waals surface area contributed by atoms with Crippen molar-refractivity contribution >= 4 is 23.3 Å². The standard InChI is InChI=1S/C19H17ClFN5O/c20-16-5-2-8-22-18(16)25-9-6-14(12-25)23-19(27)17-7-10-26(24-17)15-4-1-3-13(21)11-15/h1-5,7-8,10-11,14H,6,9,12H2,(H,23,27). The van der Waals surface area contributed by atoms with Gasteiger partial charge in [-0.25, -0.2) is 14.1 Å². The maximum absolute atomic E-state index is 13.4. The Morgan fingerprint density at radius 1 is 1.26 bits per heavy atom. The molecule has 1 atom stereocenters. The van der Waals surface area contributed by atoms with E-state index >= 15 is 0 Å². The zero-order valence-electron chi connectivity index (χ0n) is 14.3. The molecule has 0 bridgehead atoms. The van der Waals surface area contributed by atoms with Gasteiger partial charge in [0.1, 0.15) is 11.6 Å². The first-order chi connectivity index (χ1) is 13.1. The second-order valence-electron chi connectivity index (χ2n) is 6.34. The van der Waals surface area contributed by atoms with Crippen molar-refractivity contribution < 1.29 is 9.18 Å². The third-order valence-electron chi connectivity index (χ3n) is 4.46. The molecule has 3 heterocycles. The number of pyridine rings is 1. The van der Waals surface area contributed by atoms with Crippen LogP contribution in [0.15, 0.2) is 54.9 Å². The number of halogens is 2. The maximum Gasteiger partial charge on any atom is 0.272 e. The number of nitrogens with zero attached hydrogens (tertiary/aromatic N) is 4. The van der Waals surface area contributed by atoms with E-state index in [0.717, 1.165) is 18.8 Å². The van der Waals surface area contributed by atoms with Crippen LogP contribution in [-0.4, -0.2) is 39.8 Å². The highest BCUT2D eigenvalue weighted by molar-refractivity contribution is 6.32. The SMILES string of the molecule is O=C(NC1CCN(c2ncccc2Cl)C1)c1ccn(-c2cccc(F)c2)n1. The number of nitrogens with one attached hydrogen (secondary N) is 1. The predicted octanol–water partition coefficient (Wildman–Crippen LogP) is 3.07. The van der Waals surface area contributed by atoms with E-state index in [9.17, 15) is 9.18 Å². The summed E-state index contributed by atoms with van der Waals surface area (Å²) in [6.45, 7) is 1.40. The molecule has 1 unspecified atom stereocenters. The first-order valence-corrected chi connectivity index (χ1v) is 8.96. The molecule has 1 aliphatic rings. The van der Waals surface area contributed by atoms with Gasteiger partial charge in [0.2, 0.25) is 0 Å². The van der Waals surface area contributed by atoms with E-state index in [2.05, 4.69) is 20.3 Å². The van der Waals surface area contributed by atoms with Crippen LogP contribution < -0.4 is 10.2 Å². The van der Waals surface area contributed by atoms with Crippen LogP contribution >= 0.6 is 11.6 Å². The summed E-state index contributed by atoms with van der Waals surface area (Å²) < 4.78 is 14.8. The first-order valence-electron chi connectivity index (χ1n) is 8.58. The molecule has 0 aliphatic carbocycles. The number of anilines is 1. The Kier molecular flexibility index (Phi) is 4.77. The minimum Gasteiger partial charge on any atom is -0.353 e. The number of hydrogen-bond acceptors (Lipinski definition) is 4. The van der Waals surface area contributed by atoms with Crippen LogP contribution in [0.25, 0.3) is 5.69 Å². The lowest BCUT2D eigenvalue weighted by Crippen LogP contribution is -2.37. The van der Waals surface area contributed by atoms with Gasteiger partial charge in [-0.1, -0.05) is 17.7 Å². The van der Waals surface area contributed by atoms with E-state index in [0.29, 0.717) is 17.3 Å². The molecule has 0 radical (unpaired) electrons. The molecule has 138 valence electrons. The van der Waals surface area contributed by atoms with Crippen LogP contribution in [0.3, 0.4) is 0 Å². The van der Waals surface area contributed by atoms with Gasteiger partial charge in [-0.2, -0.15) is 5.10 Å². The van der Waals surface area contributed by atoms with Gasteiger partial charge in [-0.3, -0.25) is 4.79 Å². The van der Waals surface area contributed by atoms with Crippen molar-refractivity contribution in [1.82, 2.24) is 20.1 Å². The van der Waals surface area contributed by atoms with Gasteiger partial charge in [-0.15, -0.1) is 0 Å². The van der Waals surface area contributed by atoms with E-state index in [4.69, 9.17) is 11.6 Å². The molecule has 1 aromatic carbocycles. The van der Waals surface area contributed by atoms with E-state index in [1.165, 1.54) is 16.8 Å². The summed E-state index contributed by atoms with van der Waals surface area (Å²) in [6.07, 6.45) is 4.13. The molecule has 6 nitrogen and oxygen atoms in total. The van der Waals surface area contributed by atoms with E-state index in [1.54, 1.807) is 42.7 Å². The molecule has 27 heavy (non-hydrogen) atoms. The van der Waals surface area contributed by atoms with Crippen LogP contribution in [0, 0.1) is 5.82 Å². The van der Waals surface area contributed by atoms with Crippen molar-refractivity contribution in [2.75, 3.05) is 18.0 Å². The average Bonchev–Trinajstić information content (AvgIpc) is 3.32. The second-order valence-corrected chi connectivity index (χ2v) is 6.75. The molecule has 8 heteroatoms. The van der Waals surface area contributed by atoms with Crippen molar-refractivity contribution in [2.24, 2.45) is 0 Å². The topological polar surface area (TPSA) is 63.1 Å². The van der Waals surface area contributed by atoms with Crippen molar-refractivity contribution in [1.29, 1.82) is 0 Å². The smallest absolute Gasteiger partial charge is 0.272 e. The van der Waals surface area contributed by atoms with Gasteiger partial charge in [0.15, 0.2) is 5.69 Å². The lowest BCUT2D eigenvalue weighted by Gasteiger charge is -2.18. The Balaban J connectivity index is 1.41. The summed E-state index contributed by atoms with van der Waals surface area (Å²) in [6, 6.07) is 11.2. The fourth-order valence-electron chi connectivity index (χ4n) is 3.15. The van der Waals surface area contributed by atoms with Crippen LogP contribution in [0.2, 0.25) is 5.02 Å². The van der Waals surface area contributed by atoms with Gasteiger partial charge in [0, 0.05) is 31.5 Å². The number of hydrogen-bond donors (Lipinski definition) is 1.